The lowest BCUT2D eigenvalue weighted by Gasteiger charge is -2.18. The average Bonchev–Trinajstić information content (AvgIpc) is 2.86. The van der Waals surface area contributed by atoms with Crippen LogP contribution in [0, 0.1) is 5.92 Å². The molecule has 1 heteroatoms. The van der Waals surface area contributed by atoms with E-state index >= 15 is 0 Å². The van der Waals surface area contributed by atoms with Crippen molar-refractivity contribution in [1.29, 1.82) is 0 Å². The van der Waals surface area contributed by atoms with E-state index in [4.69, 9.17) is 0 Å². The summed E-state index contributed by atoms with van der Waals surface area (Å²) >= 11 is 0. The molecule has 1 saturated carbocycles. The van der Waals surface area contributed by atoms with Crippen molar-refractivity contribution in [1.82, 2.24) is 5.32 Å². The Morgan fingerprint density at radius 2 is 2.09 bits per heavy atom. The summed E-state index contributed by atoms with van der Waals surface area (Å²) < 4.78 is 0. The summed E-state index contributed by atoms with van der Waals surface area (Å²) in [6.07, 6.45) is 11.4. The molecule has 2 aliphatic carbocycles. The minimum Gasteiger partial charge on any atom is -0.313 e. The van der Waals surface area contributed by atoms with Crippen LogP contribution in [0.5, 0.6) is 0 Å². The van der Waals surface area contributed by atoms with Gasteiger partial charge in [0.05, 0.1) is 0 Å². The number of rotatable bonds is 3. The summed E-state index contributed by atoms with van der Waals surface area (Å²) in [5, 5.41) is 3.63. The van der Waals surface area contributed by atoms with Crippen molar-refractivity contribution in [3.05, 3.63) is 12.2 Å². The summed E-state index contributed by atoms with van der Waals surface area (Å²) in [5.74, 6) is 1.03. The van der Waals surface area contributed by atoms with Gasteiger partial charge in [-0.3, -0.25) is 0 Å². The van der Waals surface area contributed by atoms with Crippen LogP contribution in [-0.2, 0) is 0 Å². The van der Waals surface area contributed by atoms with Gasteiger partial charge in [-0.15, -0.1) is 0 Å². The predicted octanol–water partition coefficient (Wildman–Crippen LogP) is 2.09. The van der Waals surface area contributed by atoms with Crippen LogP contribution in [0.1, 0.15) is 32.1 Å². The third kappa shape index (κ3) is 2.33. The highest BCUT2D eigenvalue weighted by Gasteiger charge is 2.21. The lowest BCUT2D eigenvalue weighted by atomic mass is 10.0. The Labute approximate surface area is 68.9 Å². The fraction of sp³-hybridized carbons (Fsp3) is 0.800. The van der Waals surface area contributed by atoms with Crippen molar-refractivity contribution in [3.63, 3.8) is 0 Å². The van der Waals surface area contributed by atoms with E-state index in [2.05, 4.69) is 17.5 Å². The fourth-order valence-corrected chi connectivity index (χ4v) is 1.63. The average molecular weight is 151 g/mol. The van der Waals surface area contributed by atoms with Crippen molar-refractivity contribution in [3.8, 4) is 0 Å². The van der Waals surface area contributed by atoms with E-state index in [-0.39, 0.29) is 0 Å². The predicted molar refractivity (Wildman–Crippen MR) is 47.5 cm³/mol. The third-order valence-electron chi connectivity index (χ3n) is 2.66. The molecule has 0 aromatic heterocycles. The van der Waals surface area contributed by atoms with E-state index < -0.39 is 0 Å². The van der Waals surface area contributed by atoms with E-state index in [1.165, 1.54) is 38.6 Å². The maximum absolute atomic E-state index is 3.63. The summed E-state index contributed by atoms with van der Waals surface area (Å²) in [6, 6.07) is 0.792. The highest BCUT2D eigenvalue weighted by molar-refractivity contribution is 4.93. The van der Waals surface area contributed by atoms with Crippen LogP contribution < -0.4 is 5.32 Å². The van der Waals surface area contributed by atoms with Crippen molar-refractivity contribution >= 4 is 0 Å². The third-order valence-corrected chi connectivity index (χ3v) is 2.66. The molecule has 0 bridgehead atoms. The molecule has 0 amide bonds. The minimum absolute atomic E-state index is 0.792. The Hall–Kier alpha value is -0.300. The van der Waals surface area contributed by atoms with Crippen LogP contribution in [-0.4, -0.2) is 12.6 Å². The summed E-state index contributed by atoms with van der Waals surface area (Å²) in [7, 11) is 0. The number of hydrogen-bond donors (Lipinski definition) is 1. The van der Waals surface area contributed by atoms with Crippen molar-refractivity contribution in [2.24, 2.45) is 5.92 Å². The first-order chi connectivity index (χ1) is 5.45. The van der Waals surface area contributed by atoms with Gasteiger partial charge in [0.1, 0.15) is 0 Å². The van der Waals surface area contributed by atoms with Crippen LogP contribution in [0.3, 0.4) is 0 Å². The van der Waals surface area contributed by atoms with E-state index in [0.717, 1.165) is 12.0 Å². The van der Waals surface area contributed by atoms with Crippen LogP contribution in [0.2, 0.25) is 0 Å². The highest BCUT2D eigenvalue weighted by Crippen LogP contribution is 2.28. The highest BCUT2D eigenvalue weighted by atomic mass is 14.9. The molecule has 0 spiro atoms. The molecule has 0 aromatic carbocycles. The molecule has 0 saturated heterocycles. The summed E-state index contributed by atoms with van der Waals surface area (Å²) in [5.41, 5.74) is 0. The first-order valence-corrected chi connectivity index (χ1v) is 4.83. The van der Waals surface area contributed by atoms with Gasteiger partial charge < -0.3 is 5.32 Å². The molecule has 1 unspecified atom stereocenters. The maximum Gasteiger partial charge on any atom is 0.0105 e. The Morgan fingerprint density at radius 3 is 2.73 bits per heavy atom. The first kappa shape index (κ1) is 7.35. The maximum atomic E-state index is 3.63. The molecule has 11 heavy (non-hydrogen) atoms. The van der Waals surface area contributed by atoms with Crippen LogP contribution in [0.25, 0.3) is 0 Å². The Kier molecular flexibility index (Phi) is 2.27. The van der Waals surface area contributed by atoms with Gasteiger partial charge in [0, 0.05) is 6.04 Å². The van der Waals surface area contributed by atoms with Gasteiger partial charge >= 0.3 is 0 Å². The van der Waals surface area contributed by atoms with Gasteiger partial charge in [-0.05, 0) is 44.6 Å². The van der Waals surface area contributed by atoms with Gasteiger partial charge in [-0.1, -0.05) is 12.2 Å². The van der Waals surface area contributed by atoms with E-state index in [9.17, 15) is 0 Å². The normalized spacial score (nSPS) is 30.7. The Balaban J connectivity index is 1.64. The standard InChI is InChI=1S/C10H17N/c1-2-4-10(5-3-1)11-8-9-6-7-9/h1-2,9-11H,3-8H2. The van der Waals surface area contributed by atoms with E-state index in [1.807, 2.05) is 0 Å². The molecule has 1 nitrogen and oxygen atoms in total. The zero-order chi connectivity index (χ0) is 7.52. The molecule has 1 fully saturated rings. The first-order valence-electron chi connectivity index (χ1n) is 4.83. The molecule has 0 radical (unpaired) electrons. The van der Waals surface area contributed by atoms with Gasteiger partial charge in [0.25, 0.3) is 0 Å². The van der Waals surface area contributed by atoms with Crippen LogP contribution in [0.4, 0.5) is 0 Å². The van der Waals surface area contributed by atoms with Gasteiger partial charge in [0.2, 0.25) is 0 Å². The van der Waals surface area contributed by atoms with Crippen LogP contribution >= 0.6 is 0 Å². The molecule has 0 aromatic rings. The Morgan fingerprint density at radius 1 is 1.18 bits per heavy atom. The molecule has 0 heterocycles. The topological polar surface area (TPSA) is 12.0 Å². The largest absolute Gasteiger partial charge is 0.313 e. The van der Waals surface area contributed by atoms with E-state index in [0.29, 0.717) is 0 Å². The van der Waals surface area contributed by atoms with E-state index in [1.54, 1.807) is 0 Å². The van der Waals surface area contributed by atoms with Gasteiger partial charge in [-0.25, -0.2) is 0 Å². The SMILES string of the molecule is C1=CCC(NCC2CC2)CC1. The lowest BCUT2D eigenvalue weighted by Crippen LogP contribution is -2.31. The zero-order valence-corrected chi connectivity index (χ0v) is 7.05. The molecule has 2 aliphatic rings. The molecular weight excluding hydrogens is 134 g/mol. The fourth-order valence-electron chi connectivity index (χ4n) is 1.63. The lowest BCUT2D eigenvalue weighted by molar-refractivity contribution is 0.464. The second-order valence-corrected chi connectivity index (χ2v) is 3.83. The number of allylic oxidation sites excluding steroid dienone is 1. The van der Waals surface area contributed by atoms with Crippen molar-refractivity contribution < 1.29 is 0 Å². The second-order valence-electron chi connectivity index (χ2n) is 3.83. The molecule has 1 atom stereocenters. The van der Waals surface area contributed by atoms with Gasteiger partial charge in [0.15, 0.2) is 0 Å². The quantitative estimate of drug-likeness (QED) is 0.609. The second kappa shape index (κ2) is 3.40. The van der Waals surface area contributed by atoms with Crippen LogP contribution in [0.15, 0.2) is 12.2 Å². The number of nitrogens with one attached hydrogen (secondary N) is 1. The molecule has 2 rings (SSSR count). The van der Waals surface area contributed by atoms with Gasteiger partial charge in [-0.2, -0.15) is 0 Å². The molecule has 62 valence electrons. The minimum atomic E-state index is 0.792. The van der Waals surface area contributed by atoms with Crippen molar-refractivity contribution in [2.75, 3.05) is 6.54 Å². The monoisotopic (exact) mass is 151 g/mol. The zero-order valence-electron chi connectivity index (χ0n) is 7.05. The number of hydrogen-bond acceptors (Lipinski definition) is 1. The smallest absolute Gasteiger partial charge is 0.0105 e. The van der Waals surface area contributed by atoms with Crippen molar-refractivity contribution in [2.45, 2.75) is 38.1 Å². The molecular formula is C10H17N. The molecule has 1 N–H and O–H groups in total. The molecule has 0 aliphatic heterocycles. The Bertz CT molecular complexity index is 147. The summed E-state index contributed by atoms with van der Waals surface area (Å²) in [6.45, 7) is 1.28. The summed E-state index contributed by atoms with van der Waals surface area (Å²) in [4.78, 5) is 0.